The number of likely N-dealkylation sites (tertiary alicyclic amines) is 1. The fraction of sp³-hybridized carbons (Fsp3) is 0.632. The fourth-order valence-corrected chi connectivity index (χ4v) is 3.55. The van der Waals surface area contributed by atoms with Crippen molar-refractivity contribution >= 4 is 5.91 Å². The van der Waals surface area contributed by atoms with Crippen molar-refractivity contribution in [1.82, 2.24) is 4.90 Å². The van der Waals surface area contributed by atoms with Crippen molar-refractivity contribution in [3.63, 3.8) is 0 Å². The van der Waals surface area contributed by atoms with E-state index in [0.717, 1.165) is 37.9 Å². The van der Waals surface area contributed by atoms with E-state index in [0.29, 0.717) is 6.42 Å². The molecule has 1 aromatic rings. The molecule has 2 rings (SSSR count). The van der Waals surface area contributed by atoms with E-state index in [4.69, 9.17) is 0 Å². The van der Waals surface area contributed by atoms with Gasteiger partial charge in [0, 0.05) is 19.7 Å². The number of benzene rings is 1. The lowest BCUT2D eigenvalue weighted by Gasteiger charge is -2.29. The molecule has 1 amide bonds. The zero-order valence-electron chi connectivity index (χ0n) is 13.8. The third-order valence-electron chi connectivity index (χ3n) is 4.94. The highest BCUT2D eigenvalue weighted by atomic mass is 16.3. The Kier molecular flexibility index (Phi) is 6.44. The van der Waals surface area contributed by atoms with Gasteiger partial charge in [0.25, 0.3) is 0 Å². The topological polar surface area (TPSA) is 40.5 Å². The fourth-order valence-electron chi connectivity index (χ4n) is 3.55. The molecule has 1 unspecified atom stereocenters. The molecule has 1 N–H and O–H groups in total. The van der Waals surface area contributed by atoms with Gasteiger partial charge in [-0.3, -0.25) is 4.79 Å². The Balaban J connectivity index is 1.92. The molecule has 22 heavy (non-hydrogen) atoms. The summed E-state index contributed by atoms with van der Waals surface area (Å²) >= 11 is 0. The van der Waals surface area contributed by atoms with Crippen LogP contribution < -0.4 is 0 Å². The minimum atomic E-state index is 0.149. The lowest BCUT2D eigenvalue weighted by molar-refractivity contribution is -0.129. The lowest BCUT2D eigenvalue weighted by Crippen LogP contribution is -2.33. The van der Waals surface area contributed by atoms with Gasteiger partial charge in [0.15, 0.2) is 0 Å². The molecule has 3 nitrogen and oxygen atoms in total. The van der Waals surface area contributed by atoms with Crippen LogP contribution in [0.5, 0.6) is 0 Å². The first-order valence-electron chi connectivity index (χ1n) is 8.62. The Morgan fingerprint density at radius 2 is 2.00 bits per heavy atom. The van der Waals surface area contributed by atoms with E-state index >= 15 is 0 Å². The highest BCUT2D eigenvalue weighted by molar-refractivity contribution is 5.79. The number of carbonyl (C=O) groups is 1. The maximum Gasteiger partial charge on any atom is 0.227 e. The maximum atomic E-state index is 12.5. The minimum Gasteiger partial charge on any atom is -0.396 e. The van der Waals surface area contributed by atoms with Gasteiger partial charge in [0.2, 0.25) is 5.91 Å². The van der Waals surface area contributed by atoms with Gasteiger partial charge in [-0.05, 0) is 30.2 Å². The number of hydrogen-bond acceptors (Lipinski definition) is 2. The van der Waals surface area contributed by atoms with Crippen LogP contribution in [0.25, 0.3) is 0 Å². The number of rotatable bonds is 8. The van der Waals surface area contributed by atoms with Crippen molar-refractivity contribution in [3.05, 3.63) is 35.9 Å². The van der Waals surface area contributed by atoms with E-state index in [1.807, 2.05) is 35.2 Å². The summed E-state index contributed by atoms with van der Waals surface area (Å²) in [5.41, 5.74) is 1.23. The third-order valence-corrected chi connectivity index (χ3v) is 4.94. The van der Waals surface area contributed by atoms with E-state index in [2.05, 4.69) is 6.92 Å². The van der Waals surface area contributed by atoms with Crippen LogP contribution in [0.1, 0.15) is 51.0 Å². The molecule has 0 spiro atoms. The molecular formula is C19H29NO2. The number of aliphatic hydroxyl groups is 1. The number of nitrogens with zero attached hydrogens (tertiary/aromatic N) is 1. The van der Waals surface area contributed by atoms with Gasteiger partial charge < -0.3 is 10.0 Å². The first kappa shape index (κ1) is 17.0. The van der Waals surface area contributed by atoms with Crippen LogP contribution in [-0.4, -0.2) is 35.6 Å². The predicted octanol–water partition coefficient (Wildman–Crippen LogP) is 3.41. The van der Waals surface area contributed by atoms with Crippen LogP contribution in [0.3, 0.4) is 0 Å². The average Bonchev–Trinajstić information content (AvgIpc) is 2.94. The average molecular weight is 303 g/mol. The van der Waals surface area contributed by atoms with Crippen LogP contribution in [0.15, 0.2) is 30.3 Å². The summed E-state index contributed by atoms with van der Waals surface area (Å²) in [4.78, 5) is 14.5. The largest absolute Gasteiger partial charge is 0.396 e. The zero-order chi connectivity index (χ0) is 15.8. The first-order chi connectivity index (χ1) is 10.7. The van der Waals surface area contributed by atoms with Gasteiger partial charge in [-0.25, -0.2) is 0 Å². The number of carbonyl (C=O) groups excluding carboxylic acids is 1. The Morgan fingerprint density at radius 1 is 1.23 bits per heavy atom. The molecule has 1 aromatic carbocycles. The second kappa shape index (κ2) is 8.33. The molecule has 1 saturated heterocycles. The summed E-state index contributed by atoms with van der Waals surface area (Å²) in [5, 5.41) is 9.41. The van der Waals surface area contributed by atoms with Crippen LogP contribution >= 0.6 is 0 Å². The van der Waals surface area contributed by atoms with E-state index < -0.39 is 0 Å². The van der Waals surface area contributed by atoms with Crippen molar-refractivity contribution in [3.8, 4) is 0 Å². The first-order valence-corrected chi connectivity index (χ1v) is 8.62. The molecule has 0 bridgehead atoms. The van der Waals surface area contributed by atoms with E-state index in [9.17, 15) is 9.90 Å². The highest BCUT2D eigenvalue weighted by Gasteiger charge is 2.38. The van der Waals surface area contributed by atoms with Crippen LogP contribution in [0, 0.1) is 5.41 Å². The molecule has 0 saturated carbocycles. The SMILES string of the molecule is CCCCCC1(CCO)CCN(C(=O)Cc2ccccc2)C1. The molecule has 0 radical (unpaired) electrons. The maximum absolute atomic E-state index is 12.5. The Morgan fingerprint density at radius 3 is 2.68 bits per heavy atom. The minimum absolute atomic E-state index is 0.149. The monoisotopic (exact) mass is 303 g/mol. The van der Waals surface area contributed by atoms with Gasteiger partial charge in [-0.1, -0.05) is 56.5 Å². The summed E-state index contributed by atoms with van der Waals surface area (Å²) in [7, 11) is 0. The third kappa shape index (κ3) is 4.57. The van der Waals surface area contributed by atoms with Gasteiger partial charge in [0.05, 0.1) is 6.42 Å². The summed E-state index contributed by atoms with van der Waals surface area (Å²) < 4.78 is 0. The Labute approximate surface area is 134 Å². The molecule has 3 heteroatoms. The second-order valence-corrected chi connectivity index (χ2v) is 6.66. The normalized spacial score (nSPS) is 21.3. The Bertz CT molecular complexity index is 460. The molecule has 1 heterocycles. The summed E-state index contributed by atoms with van der Waals surface area (Å²) in [5.74, 6) is 0.224. The second-order valence-electron chi connectivity index (χ2n) is 6.66. The molecule has 0 aromatic heterocycles. The molecule has 1 fully saturated rings. The quantitative estimate of drug-likeness (QED) is 0.748. The van der Waals surface area contributed by atoms with Crippen molar-refractivity contribution < 1.29 is 9.90 Å². The number of amides is 1. The van der Waals surface area contributed by atoms with E-state index in [1.165, 1.54) is 19.3 Å². The summed E-state index contributed by atoms with van der Waals surface area (Å²) in [6.45, 7) is 4.11. The van der Waals surface area contributed by atoms with Crippen LogP contribution in [0.4, 0.5) is 0 Å². The molecule has 1 aliphatic heterocycles. The Hall–Kier alpha value is -1.35. The standard InChI is InChI=1S/C19H29NO2/c1-2-3-7-10-19(12-14-21)11-13-20(16-19)18(22)15-17-8-5-4-6-9-17/h4-6,8-9,21H,2-3,7,10-16H2,1H3. The van der Waals surface area contributed by atoms with Gasteiger partial charge in [-0.15, -0.1) is 0 Å². The molecule has 0 aliphatic carbocycles. The van der Waals surface area contributed by atoms with E-state index in [1.54, 1.807) is 0 Å². The van der Waals surface area contributed by atoms with Crippen molar-refractivity contribution in [1.29, 1.82) is 0 Å². The number of aliphatic hydroxyl groups excluding tert-OH is 1. The van der Waals surface area contributed by atoms with Gasteiger partial charge >= 0.3 is 0 Å². The number of hydrogen-bond donors (Lipinski definition) is 1. The van der Waals surface area contributed by atoms with Crippen molar-refractivity contribution in [2.75, 3.05) is 19.7 Å². The summed E-state index contributed by atoms with van der Waals surface area (Å²) in [6.07, 6.45) is 7.15. The highest BCUT2D eigenvalue weighted by Crippen LogP contribution is 2.39. The summed E-state index contributed by atoms with van der Waals surface area (Å²) in [6, 6.07) is 9.96. The smallest absolute Gasteiger partial charge is 0.227 e. The van der Waals surface area contributed by atoms with Crippen molar-refractivity contribution in [2.24, 2.45) is 5.41 Å². The van der Waals surface area contributed by atoms with Crippen LogP contribution in [0.2, 0.25) is 0 Å². The zero-order valence-corrected chi connectivity index (χ0v) is 13.8. The molecule has 1 aliphatic rings. The van der Waals surface area contributed by atoms with Gasteiger partial charge in [0.1, 0.15) is 0 Å². The molecule has 122 valence electrons. The predicted molar refractivity (Wildman–Crippen MR) is 89.6 cm³/mol. The number of unbranched alkanes of at least 4 members (excludes halogenated alkanes) is 2. The van der Waals surface area contributed by atoms with Crippen molar-refractivity contribution in [2.45, 2.75) is 51.9 Å². The van der Waals surface area contributed by atoms with Crippen LogP contribution in [-0.2, 0) is 11.2 Å². The molecule has 1 atom stereocenters. The van der Waals surface area contributed by atoms with E-state index in [-0.39, 0.29) is 17.9 Å². The molecular weight excluding hydrogens is 274 g/mol. The lowest BCUT2D eigenvalue weighted by atomic mass is 9.79. The van der Waals surface area contributed by atoms with Gasteiger partial charge in [-0.2, -0.15) is 0 Å².